The van der Waals surface area contributed by atoms with Crippen molar-refractivity contribution in [1.29, 1.82) is 0 Å². The van der Waals surface area contributed by atoms with Crippen LogP contribution in [0.2, 0.25) is 0 Å². The third-order valence-corrected chi connectivity index (χ3v) is 4.14. The summed E-state index contributed by atoms with van der Waals surface area (Å²) in [5.41, 5.74) is 0. The van der Waals surface area contributed by atoms with Crippen molar-refractivity contribution >= 4 is 23.7 Å². The van der Waals surface area contributed by atoms with Crippen LogP contribution < -0.4 is 5.32 Å². The normalized spacial score (nSPS) is 24.8. The topological polar surface area (TPSA) is 92.8 Å². The van der Waals surface area contributed by atoms with Crippen LogP contribution in [0, 0.1) is 5.92 Å². The zero-order valence-corrected chi connectivity index (χ0v) is 12.8. The summed E-state index contributed by atoms with van der Waals surface area (Å²) in [5, 5.41) is 3.53. The van der Waals surface area contributed by atoms with Crippen molar-refractivity contribution in [1.82, 2.24) is 10.4 Å². The SMILES string of the molecule is C[C@@H]1CC(=O)N[C@@H]1CCCCCC(=O)ON1C(=O)CCC1=O. The molecule has 2 aliphatic rings. The number of amides is 3. The predicted octanol–water partition coefficient (Wildman–Crippen LogP) is 1.07. The lowest BCUT2D eigenvalue weighted by Crippen LogP contribution is -2.31. The summed E-state index contributed by atoms with van der Waals surface area (Å²) in [6.07, 6.45) is 4.31. The second-order valence-electron chi connectivity index (χ2n) is 6.00. The third kappa shape index (κ3) is 4.29. The van der Waals surface area contributed by atoms with Crippen LogP contribution >= 0.6 is 0 Å². The second-order valence-corrected chi connectivity index (χ2v) is 6.00. The Labute approximate surface area is 129 Å². The van der Waals surface area contributed by atoms with Gasteiger partial charge >= 0.3 is 5.97 Å². The fourth-order valence-electron chi connectivity index (χ4n) is 2.82. The minimum absolute atomic E-state index is 0.109. The Hall–Kier alpha value is -1.92. The highest BCUT2D eigenvalue weighted by molar-refractivity contribution is 6.01. The smallest absolute Gasteiger partial charge is 0.333 e. The number of nitrogens with zero attached hydrogens (tertiary/aromatic N) is 1. The number of nitrogens with one attached hydrogen (secondary N) is 1. The van der Waals surface area contributed by atoms with E-state index in [0.717, 1.165) is 19.3 Å². The second kappa shape index (κ2) is 7.38. The van der Waals surface area contributed by atoms with Gasteiger partial charge in [-0.15, -0.1) is 5.06 Å². The van der Waals surface area contributed by atoms with Crippen LogP contribution in [0.5, 0.6) is 0 Å². The fraction of sp³-hybridized carbons (Fsp3) is 0.733. The Balaban J connectivity index is 1.57. The maximum atomic E-state index is 11.6. The highest BCUT2D eigenvalue weighted by atomic mass is 16.7. The van der Waals surface area contributed by atoms with E-state index in [1.807, 2.05) is 0 Å². The average Bonchev–Trinajstić information content (AvgIpc) is 2.94. The van der Waals surface area contributed by atoms with Crippen molar-refractivity contribution in [2.45, 2.75) is 64.3 Å². The van der Waals surface area contributed by atoms with Gasteiger partial charge in [-0.1, -0.05) is 19.8 Å². The molecule has 1 N–H and O–H groups in total. The Bertz CT molecular complexity index is 461. The first-order chi connectivity index (χ1) is 10.5. The number of hydrogen-bond donors (Lipinski definition) is 1. The molecular weight excluding hydrogens is 288 g/mol. The molecule has 0 aromatic heterocycles. The molecule has 0 saturated carbocycles. The number of carbonyl (C=O) groups is 4. The monoisotopic (exact) mass is 310 g/mol. The number of hydroxylamine groups is 2. The van der Waals surface area contributed by atoms with E-state index >= 15 is 0 Å². The van der Waals surface area contributed by atoms with Gasteiger partial charge in [-0.3, -0.25) is 14.4 Å². The lowest BCUT2D eigenvalue weighted by atomic mass is 9.97. The first kappa shape index (κ1) is 16.5. The molecular formula is C15H22N2O5. The van der Waals surface area contributed by atoms with Gasteiger partial charge in [0.2, 0.25) is 5.91 Å². The summed E-state index contributed by atoms with van der Waals surface area (Å²) >= 11 is 0. The van der Waals surface area contributed by atoms with Crippen molar-refractivity contribution in [3.8, 4) is 0 Å². The summed E-state index contributed by atoms with van der Waals surface area (Å²) in [7, 11) is 0. The van der Waals surface area contributed by atoms with Crippen LogP contribution in [0.4, 0.5) is 0 Å². The zero-order chi connectivity index (χ0) is 16.1. The summed E-state index contributed by atoms with van der Waals surface area (Å²) in [5.74, 6) is -0.981. The fourth-order valence-corrected chi connectivity index (χ4v) is 2.82. The molecule has 2 aliphatic heterocycles. The highest BCUT2D eigenvalue weighted by Gasteiger charge is 2.32. The standard InChI is InChI=1S/C15H22N2O5/c1-10-9-12(18)16-11(10)5-3-2-4-6-15(21)22-17-13(19)7-8-14(17)20/h10-11H,2-9H2,1H3,(H,16,18)/t10-,11-/m1/s1. The maximum absolute atomic E-state index is 11.6. The first-order valence-electron chi connectivity index (χ1n) is 7.83. The van der Waals surface area contributed by atoms with Gasteiger partial charge in [0.25, 0.3) is 11.8 Å². The van der Waals surface area contributed by atoms with E-state index in [2.05, 4.69) is 12.2 Å². The highest BCUT2D eigenvalue weighted by Crippen LogP contribution is 2.21. The summed E-state index contributed by atoms with van der Waals surface area (Å²) in [6.45, 7) is 2.06. The summed E-state index contributed by atoms with van der Waals surface area (Å²) in [6, 6.07) is 0.235. The minimum Gasteiger partial charge on any atom is -0.353 e. The van der Waals surface area contributed by atoms with Crippen molar-refractivity contribution in [3.05, 3.63) is 0 Å². The van der Waals surface area contributed by atoms with Crippen LogP contribution in [0.1, 0.15) is 58.3 Å². The number of carbonyl (C=O) groups excluding carboxylic acids is 4. The average molecular weight is 310 g/mol. The van der Waals surface area contributed by atoms with Gasteiger partial charge in [0.05, 0.1) is 0 Å². The third-order valence-electron chi connectivity index (χ3n) is 4.14. The Kier molecular flexibility index (Phi) is 5.51. The molecule has 2 rings (SSSR count). The van der Waals surface area contributed by atoms with E-state index in [1.165, 1.54) is 0 Å². The molecule has 0 bridgehead atoms. The molecule has 0 spiro atoms. The summed E-state index contributed by atoms with van der Waals surface area (Å²) < 4.78 is 0. The first-order valence-corrected chi connectivity index (χ1v) is 7.83. The van der Waals surface area contributed by atoms with Crippen LogP contribution in [-0.4, -0.2) is 34.8 Å². The molecule has 7 heteroatoms. The van der Waals surface area contributed by atoms with E-state index < -0.39 is 17.8 Å². The largest absolute Gasteiger partial charge is 0.353 e. The van der Waals surface area contributed by atoms with Gasteiger partial charge in [0, 0.05) is 31.7 Å². The van der Waals surface area contributed by atoms with Crippen LogP contribution in [0.15, 0.2) is 0 Å². The molecule has 0 aromatic carbocycles. The van der Waals surface area contributed by atoms with Crippen molar-refractivity contribution < 1.29 is 24.0 Å². The quantitative estimate of drug-likeness (QED) is 0.561. The molecule has 3 amide bonds. The Morgan fingerprint density at radius 3 is 2.45 bits per heavy atom. The van der Waals surface area contributed by atoms with E-state index in [0.29, 0.717) is 23.8 Å². The number of rotatable bonds is 7. The van der Waals surface area contributed by atoms with Gasteiger partial charge in [0.15, 0.2) is 0 Å². The molecule has 122 valence electrons. The van der Waals surface area contributed by atoms with Gasteiger partial charge in [-0.25, -0.2) is 4.79 Å². The predicted molar refractivity (Wildman–Crippen MR) is 76.0 cm³/mol. The number of imide groups is 1. The van der Waals surface area contributed by atoms with Gasteiger partial charge < -0.3 is 10.2 Å². The molecule has 0 radical (unpaired) electrons. The molecule has 0 aromatic rings. The zero-order valence-electron chi connectivity index (χ0n) is 12.8. The molecule has 0 unspecified atom stereocenters. The van der Waals surface area contributed by atoms with E-state index in [4.69, 9.17) is 4.84 Å². The van der Waals surface area contributed by atoms with Crippen molar-refractivity contribution in [2.24, 2.45) is 5.92 Å². The van der Waals surface area contributed by atoms with Crippen LogP contribution in [-0.2, 0) is 24.0 Å². The molecule has 2 atom stereocenters. The van der Waals surface area contributed by atoms with Crippen LogP contribution in [0.25, 0.3) is 0 Å². The van der Waals surface area contributed by atoms with E-state index in [9.17, 15) is 19.2 Å². The van der Waals surface area contributed by atoms with Crippen molar-refractivity contribution in [2.75, 3.05) is 0 Å². The molecule has 7 nitrogen and oxygen atoms in total. The molecule has 22 heavy (non-hydrogen) atoms. The Morgan fingerprint density at radius 2 is 1.86 bits per heavy atom. The molecule has 2 heterocycles. The van der Waals surface area contributed by atoms with E-state index in [1.54, 1.807) is 0 Å². The van der Waals surface area contributed by atoms with E-state index in [-0.39, 0.29) is 31.2 Å². The number of unbranched alkanes of at least 4 members (excludes halogenated alkanes) is 2. The minimum atomic E-state index is -0.550. The van der Waals surface area contributed by atoms with Crippen LogP contribution in [0.3, 0.4) is 0 Å². The number of hydrogen-bond acceptors (Lipinski definition) is 5. The molecule has 2 saturated heterocycles. The van der Waals surface area contributed by atoms with Crippen molar-refractivity contribution in [3.63, 3.8) is 0 Å². The Morgan fingerprint density at radius 1 is 1.18 bits per heavy atom. The van der Waals surface area contributed by atoms with Gasteiger partial charge in [-0.2, -0.15) is 0 Å². The van der Waals surface area contributed by atoms with Gasteiger partial charge in [0.1, 0.15) is 0 Å². The molecule has 2 fully saturated rings. The maximum Gasteiger partial charge on any atom is 0.333 e. The summed E-state index contributed by atoms with van der Waals surface area (Å²) in [4.78, 5) is 50.2. The van der Waals surface area contributed by atoms with Gasteiger partial charge in [-0.05, 0) is 18.8 Å². The molecule has 0 aliphatic carbocycles. The lowest BCUT2D eigenvalue weighted by Gasteiger charge is -2.14. The lowest BCUT2D eigenvalue weighted by molar-refractivity contribution is -0.197.